The molecule has 12 heteroatoms. The Morgan fingerprint density at radius 3 is 1.49 bits per heavy atom. The Bertz CT molecular complexity index is 3150. The van der Waals surface area contributed by atoms with E-state index in [2.05, 4.69) is 246 Å². The van der Waals surface area contributed by atoms with Crippen molar-refractivity contribution in [2.24, 2.45) is 16.2 Å². The number of benzene rings is 1. The van der Waals surface area contributed by atoms with Gasteiger partial charge in [0.25, 0.3) is 5.56 Å². The quantitative estimate of drug-likeness (QED) is 0.142. The number of aromatic nitrogens is 8. The second-order valence-corrected chi connectivity index (χ2v) is 32.2. The number of fused-ring (bicyclic) bond motifs is 1. The van der Waals surface area contributed by atoms with Gasteiger partial charge >= 0.3 is 0 Å². The second-order valence-electron chi connectivity index (χ2n) is 31.2. The Hall–Kier alpha value is -6.86. The number of rotatable bonds is 7. The summed E-state index contributed by atoms with van der Waals surface area (Å²) < 4.78 is 13.1. The molecule has 0 N–H and O–H groups in total. The maximum atomic E-state index is 12.0. The van der Waals surface area contributed by atoms with Gasteiger partial charge in [-0.05, 0) is 130 Å². The summed E-state index contributed by atoms with van der Waals surface area (Å²) in [6.45, 7) is 73.3. The van der Waals surface area contributed by atoms with E-state index in [4.69, 9.17) is 9.47 Å². The lowest BCUT2D eigenvalue weighted by Gasteiger charge is -2.20. The molecule has 8 heterocycles. The molecule has 0 amide bonds. The molecule has 1 aromatic carbocycles. The largest absolute Gasteiger partial charge is 0.373 e. The molecular formula is C78H114N8O3S. The Morgan fingerprint density at radius 1 is 0.500 bits per heavy atom. The minimum absolute atomic E-state index is 0.0840. The van der Waals surface area contributed by atoms with Crippen molar-refractivity contribution in [2.75, 3.05) is 13.2 Å². The van der Waals surface area contributed by atoms with Crippen LogP contribution >= 0.6 is 11.5 Å². The normalized spacial score (nSPS) is 14.4. The van der Waals surface area contributed by atoms with Gasteiger partial charge in [0.15, 0.2) is 5.82 Å². The van der Waals surface area contributed by atoms with Crippen LogP contribution in [0.15, 0.2) is 141 Å². The third kappa shape index (κ3) is 31.2. The number of ether oxygens (including phenoxy) is 2. The van der Waals surface area contributed by atoms with Crippen molar-refractivity contribution in [1.82, 2.24) is 38.8 Å². The summed E-state index contributed by atoms with van der Waals surface area (Å²) in [5.41, 5.74) is 11.3. The zero-order valence-corrected chi connectivity index (χ0v) is 60.7. The first-order valence-electron chi connectivity index (χ1n) is 31.4. The monoisotopic (exact) mass is 1240 g/mol. The average Bonchev–Trinajstić information content (AvgIpc) is 1.71. The molecule has 2 fully saturated rings. The van der Waals surface area contributed by atoms with Crippen molar-refractivity contribution in [3.63, 3.8) is 0 Å². The highest BCUT2D eigenvalue weighted by Gasteiger charge is 2.35. The highest BCUT2D eigenvalue weighted by atomic mass is 32.1. The SMILES string of the molecule is C=Cc1cc(C(C)(C)C)ccn1.C=Cc1cc(C(C)(C)C)ncn1.C=Cc1cccc(C(C)(C)C)n1.C=Cc1nccc(C(C)(C)C)n1.C=Cc1ncccc1C(C)(C)C.CC(C)(C)C1CO1.CC(C)(C)CC1CO1.CC(C)(C)Cn1sc2ccccc2c1=O. The van der Waals surface area contributed by atoms with E-state index < -0.39 is 0 Å². The second kappa shape index (κ2) is 34.5. The molecule has 2 aliphatic rings. The van der Waals surface area contributed by atoms with Crippen LogP contribution in [0.1, 0.15) is 229 Å². The van der Waals surface area contributed by atoms with Gasteiger partial charge in [0, 0.05) is 58.5 Å². The van der Waals surface area contributed by atoms with Gasteiger partial charge in [0.1, 0.15) is 6.33 Å². The maximum Gasteiger partial charge on any atom is 0.268 e. The van der Waals surface area contributed by atoms with Gasteiger partial charge in [-0.25, -0.2) is 19.9 Å². The molecule has 90 heavy (non-hydrogen) atoms. The zero-order valence-electron chi connectivity index (χ0n) is 59.9. The van der Waals surface area contributed by atoms with Gasteiger partial charge in [0.05, 0.1) is 58.3 Å². The van der Waals surface area contributed by atoms with E-state index in [9.17, 15) is 4.79 Å². The van der Waals surface area contributed by atoms with Crippen molar-refractivity contribution in [2.45, 2.75) is 218 Å². The highest BCUT2D eigenvalue weighted by Crippen LogP contribution is 2.31. The van der Waals surface area contributed by atoms with Crippen LogP contribution in [0.2, 0.25) is 0 Å². The highest BCUT2D eigenvalue weighted by molar-refractivity contribution is 7.13. The van der Waals surface area contributed by atoms with Crippen LogP contribution in [0.25, 0.3) is 40.5 Å². The molecule has 0 saturated carbocycles. The lowest BCUT2D eigenvalue weighted by Crippen LogP contribution is -2.22. The first kappa shape index (κ1) is 79.2. The Morgan fingerprint density at radius 2 is 1.06 bits per heavy atom. The van der Waals surface area contributed by atoms with Crippen molar-refractivity contribution < 1.29 is 9.47 Å². The summed E-state index contributed by atoms with van der Waals surface area (Å²) >= 11 is 1.55. The van der Waals surface area contributed by atoms with Gasteiger partial charge < -0.3 is 9.47 Å². The molecule has 2 aliphatic heterocycles. The van der Waals surface area contributed by atoms with E-state index in [0.717, 1.165) is 69.7 Å². The summed E-state index contributed by atoms with van der Waals surface area (Å²) in [7, 11) is 0. The van der Waals surface area contributed by atoms with Gasteiger partial charge in [-0.3, -0.25) is 23.7 Å². The predicted molar refractivity (Wildman–Crippen MR) is 389 cm³/mol. The molecule has 490 valence electrons. The molecule has 0 radical (unpaired) electrons. The third-order valence-corrected chi connectivity index (χ3v) is 14.5. The fraction of sp³-hybridized carbons (Fsp3) is 0.487. The zero-order chi connectivity index (χ0) is 68.7. The lowest BCUT2D eigenvalue weighted by atomic mass is 9.86. The smallest absolute Gasteiger partial charge is 0.268 e. The van der Waals surface area contributed by atoms with Gasteiger partial charge in [-0.1, -0.05) is 235 Å². The number of nitrogens with zero attached hydrogens (tertiary/aromatic N) is 8. The lowest BCUT2D eigenvalue weighted by molar-refractivity contribution is 0.266. The van der Waals surface area contributed by atoms with Crippen molar-refractivity contribution in [1.29, 1.82) is 0 Å². The van der Waals surface area contributed by atoms with Gasteiger partial charge in [-0.15, -0.1) is 0 Å². The molecule has 0 spiro atoms. The molecule has 0 bridgehead atoms. The third-order valence-electron chi connectivity index (χ3n) is 13.4. The fourth-order valence-electron chi connectivity index (χ4n) is 7.98. The minimum atomic E-state index is 0.0840. The van der Waals surface area contributed by atoms with Crippen LogP contribution in [-0.2, 0) is 43.1 Å². The van der Waals surface area contributed by atoms with Crippen LogP contribution in [-0.4, -0.2) is 64.3 Å². The van der Waals surface area contributed by atoms with E-state index in [1.807, 2.05) is 76.9 Å². The van der Waals surface area contributed by atoms with Crippen LogP contribution in [0.5, 0.6) is 0 Å². The number of hydrogen-bond donors (Lipinski definition) is 0. The summed E-state index contributed by atoms with van der Waals surface area (Å²) in [5, 5.41) is 0.840. The van der Waals surface area contributed by atoms with Crippen LogP contribution in [0.4, 0.5) is 0 Å². The first-order valence-corrected chi connectivity index (χ1v) is 32.1. The van der Waals surface area contributed by atoms with E-state index in [-0.39, 0.29) is 38.0 Å². The molecule has 9 rings (SSSR count). The number of pyridine rings is 3. The Kier molecular flexibility index (Phi) is 30.4. The van der Waals surface area contributed by atoms with Gasteiger partial charge in [0.2, 0.25) is 0 Å². The van der Waals surface area contributed by atoms with Crippen molar-refractivity contribution >= 4 is 52.0 Å². The van der Waals surface area contributed by atoms with E-state index in [1.54, 1.807) is 60.6 Å². The van der Waals surface area contributed by atoms with Crippen LogP contribution in [0.3, 0.4) is 0 Å². The number of epoxide rings is 2. The van der Waals surface area contributed by atoms with Crippen molar-refractivity contribution in [3.8, 4) is 0 Å². The maximum absolute atomic E-state index is 12.0. The van der Waals surface area contributed by atoms with Crippen molar-refractivity contribution in [3.05, 3.63) is 204 Å². The predicted octanol–water partition coefficient (Wildman–Crippen LogP) is 20.3. The molecule has 2 saturated heterocycles. The van der Waals surface area contributed by atoms with Crippen LogP contribution < -0.4 is 5.56 Å². The molecule has 0 aliphatic carbocycles. The Balaban J connectivity index is 0.000000353. The van der Waals surface area contributed by atoms with E-state index >= 15 is 0 Å². The average molecular weight is 1240 g/mol. The summed E-state index contributed by atoms with van der Waals surface area (Å²) in [4.78, 5) is 41.4. The molecule has 6 aromatic heterocycles. The summed E-state index contributed by atoms with van der Waals surface area (Å²) in [6.07, 6.45) is 18.1. The van der Waals surface area contributed by atoms with E-state index in [1.165, 1.54) is 17.5 Å². The molecule has 2 atom stereocenters. The number of hydrogen-bond acceptors (Lipinski definition) is 11. The molecule has 2 unspecified atom stereocenters. The Labute approximate surface area is 549 Å². The molecule has 11 nitrogen and oxygen atoms in total. The topological polar surface area (TPSA) is 137 Å². The molecular weight excluding hydrogens is 1130 g/mol. The standard InChI is InChI=1S/C12H15NOS.3C11H15N.2C10H14N2.C7H14O.C6H12O/c1-12(2,3)8-13-11(14)9-6-4-5-7-10(9)15-13;1-5-10-8-9(6-7-12-10)11(2,3)4;1-5-10-9(11(2,3)4)7-6-8-12-10;1-5-9-7-6-8-10(12-9)11(2,3)4;1-5-8-6-9(10(2,3)4)12-7-11-8;1-5-9-11-7-6-8(12-9)10(2,3)4;1-7(2,3)4-6-5-8-6;1-6(2,3)5-4-7-5/h4-7H,8H2,1-3H3;3*5-8H,1H2,2-4H3;2*5-7H,1H2,2-4H3;6H,4-5H2,1-3H3;5H,4H2,1-3H3. The minimum Gasteiger partial charge on any atom is -0.373 e. The van der Waals surface area contributed by atoms with Crippen LogP contribution in [0, 0.1) is 16.2 Å². The van der Waals surface area contributed by atoms with E-state index in [0.29, 0.717) is 28.9 Å². The summed E-state index contributed by atoms with van der Waals surface area (Å²) in [5.74, 6) is 0.697. The first-order chi connectivity index (χ1) is 41.4. The molecule has 7 aromatic rings. The fourth-order valence-corrected chi connectivity index (χ4v) is 9.24. The summed E-state index contributed by atoms with van der Waals surface area (Å²) in [6, 6.07) is 25.9. The van der Waals surface area contributed by atoms with Gasteiger partial charge in [-0.2, -0.15) is 0 Å².